The minimum atomic E-state index is -0.373. The molecule has 1 amide bonds. The normalized spacial score (nSPS) is 11.5. The Kier molecular flexibility index (Phi) is 12.6. The highest BCUT2D eigenvalue weighted by atomic mass is 35.5. The van der Waals surface area contributed by atoms with Gasteiger partial charge < -0.3 is 27.4 Å². The summed E-state index contributed by atoms with van der Waals surface area (Å²) < 4.78 is 5.00. The summed E-state index contributed by atoms with van der Waals surface area (Å²) in [5.41, 5.74) is 2.10. The Labute approximate surface area is 192 Å². The fourth-order valence-electron chi connectivity index (χ4n) is 3.55. The molecule has 0 spiro atoms. The maximum atomic E-state index is 12.8. The van der Waals surface area contributed by atoms with E-state index in [1.807, 2.05) is 18.2 Å². The number of rotatable bonds is 12. The summed E-state index contributed by atoms with van der Waals surface area (Å²) >= 11 is 0. The third-order valence-electron chi connectivity index (χ3n) is 5.44. The van der Waals surface area contributed by atoms with Gasteiger partial charge in [0.05, 0.1) is 37.8 Å². The number of nitrogens with one attached hydrogen (secondary N) is 2. The molecule has 1 unspecified atom stereocenters. The van der Waals surface area contributed by atoms with Crippen molar-refractivity contribution in [2.24, 2.45) is 0 Å². The fourth-order valence-corrected chi connectivity index (χ4v) is 3.55. The second-order valence-corrected chi connectivity index (χ2v) is 7.44. The van der Waals surface area contributed by atoms with E-state index < -0.39 is 0 Å². The van der Waals surface area contributed by atoms with Crippen molar-refractivity contribution in [1.29, 1.82) is 0 Å². The molecule has 31 heavy (non-hydrogen) atoms. The molecule has 0 aliphatic heterocycles. The van der Waals surface area contributed by atoms with Crippen molar-refractivity contribution in [3.05, 3.63) is 71.3 Å². The van der Waals surface area contributed by atoms with Crippen molar-refractivity contribution >= 4 is 11.9 Å². The molecule has 0 aliphatic carbocycles. The van der Waals surface area contributed by atoms with E-state index >= 15 is 0 Å². The molecule has 0 aromatic heterocycles. The number of hydrogen-bond acceptors (Lipinski definition) is 3. The van der Waals surface area contributed by atoms with Crippen LogP contribution in [0.3, 0.4) is 0 Å². The Morgan fingerprint density at radius 2 is 1.52 bits per heavy atom. The second kappa shape index (κ2) is 14.6. The van der Waals surface area contributed by atoms with Crippen molar-refractivity contribution in [3.63, 3.8) is 0 Å². The second-order valence-electron chi connectivity index (χ2n) is 7.44. The van der Waals surface area contributed by atoms with Crippen molar-refractivity contribution in [1.82, 2.24) is 5.32 Å². The predicted molar refractivity (Wildman–Crippen MR) is 120 cm³/mol. The van der Waals surface area contributed by atoms with Gasteiger partial charge in [0, 0.05) is 5.56 Å². The number of ether oxygens (including phenoxy) is 1. The van der Waals surface area contributed by atoms with Crippen LogP contribution < -0.4 is 22.6 Å². The number of hydrogen-bond donors (Lipinski definition) is 2. The number of carbonyl (C=O) groups is 2. The zero-order chi connectivity index (χ0) is 21.8. The Bertz CT molecular complexity index is 777. The summed E-state index contributed by atoms with van der Waals surface area (Å²) in [6.45, 7) is 10.0. The van der Waals surface area contributed by atoms with E-state index in [1.165, 1.54) is 0 Å². The highest BCUT2D eigenvalue weighted by Crippen LogP contribution is 2.20. The van der Waals surface area contributed by atoms with E-state index in [4.69, 9.17) is 4.74 Å². The molecule has 2 N–H and O–H groups in total. The molecule has 6 heteroatoms. The number of unbranched alkanes of at least 4 members (excludes halogenated alkanes) is 1. The highest BCUT2D eigenvalue weighted by Gasteiger charge is 2.17. The maximum absolute atomic E-state index is 12.8. The quantitative estimate of drug-likeness (QED) is 0.367. The monoisotopic (exact) mass is 446 g/mol. The summed E-state index contributed by atoms with van der Waals surface area (Å²) in [5.74, 6) is -0.504. The number of esters is 1. The largest absolute Gasteiger partial charge is 1.00 e. The van der Waals surface area contributed by atoms with Gasteiger partial charge in [0.2, 0.25) is 0 Å². The molecule has 0 saturated carbocycles. The lowest BCUT2D eigenvalue weighted by Crippen LogP contribution is -3.11. The molecule has 1 atom stereocenters. The molecule has 0 saturated heterocycles. The van der Waals surface area contributed by atoms with Gasteiger partial charge >= 0.3 is 5.97 Å². The summed E-state index contributed by atoms with van der Waals surface area (Å²) in [6.07, 6.45) is 3.10. The van der Waals surface area contributed by atoms with Gasteiger partial charge in [0.1, 0.15) is 0 Å². The molecule has 2 aromatic carbocycles. The standard InChI is InChI=1S/C25H34N2O3.ClH/c1-4-27(5-2)19-11-10-14-23(20-12-8-7-9-13-20)26-24(28)21-15-17-22(18-16-21)25(29)30-6-3;/h7-9,12-13,15-18,23H,4-6,10-11,14,19H2,1-3H3,(H,26,28);1H. The lowest BCUT2D eigenvalue weighted by Gasteiger charge is -2.20. The lowest BCUT2D eigenvalue weighted by atomic mass is 10.00. The molecule has 0 radical (unpaired) electrons. The smallest absolute Gasteiger partial charge is 0.338 e. The van der Waals surface area contributed by atoms with E-state index in [9.17, 15) is 9.59 Å². The van der Waals surface area contributed by atoms with Gasteiger partial charge in [-0.3, -0.25) is 4.79 Å². The van der Waals surface area contributed by atoms with Gasteiger partial charge in [0.25, 0.3) is 5.91 Å². The van der Waals surface area contributed by atoms with Crippen LogP contribution in [-0.4, -0.2) is 38.1 Å². The molecule has 170 valence electrons. The van der Waals surface area contributed by atoms with E-state index in [-0.39, 0.29) is 30.3 Å². The van der Waals surface area contributed by atoms with Gasteiger partial charge in [-0.2, -0.15) is 0 Å². The topological polar surface area (TPSA) is 59.8 Å². The minimum absolute atomic E-state index is 0. The van der Waals surface area contributed by atoms with Crippen LogP contribution in [0.15, 0.2) is 54.6 Å². The Balaban J connectivity index is 0.00000480. The average Bonchev–Trinajstić information content (AvgIpc) is 2.79. The van der Waals surface area contributed by atoms with E-state index in [2.05, 4.69) is 31.3 Å². The number of amides is 1. The van der Waals surface area contributed by atoms with Crippen molar-refractivity contribution in [3.8, 4) is 0 Å². The summed E-state index contributed by atoms with van der Waals surface area (Å²) in [5, 5.41) is 3.18. The van der Waals surface area contributed by atoms with Gasteiger partial charge in [-0.05, 0) is 69.9 Å². The lowest BCUT2D eigenvalue weighted by molar-refractivity contribution is -0.896. The van der Waals surface area contributed by atoms with Crippen molar-refractivity contribution in [2.45, 2.75) is 46.1 Å². The molecular weight excluding hydrogens is 412 g/mol. The number of halogens is 1. The van der Waals surface area contributed by atoms with Crippen LogP contribution in [0.4, 0.5) is 0 Å². The van der Waals surface area contributed by atoms with Crippen LogP contribution in [0.1, 0.15) is 72.4 Å². The Hall–Kier alpha value is -2.37. The molecule has 0 bridgehead atoms. The van der Waals surface area contributed by atoms with Gasteiger partial charge in [-0.1, -0.05) is 30.3 Å². The summed E-state index contributed by atoms with van der Waals surface area (Å²) in [7, 11) is 0. The van der Waals surface area contributed by atoms with Crippen LogP contribution >= 0.6 is 0 Å². The zero-order valence-electron chi connectivity index (χ0n) is 18.8. The first-order chi connectivity index (χ1) is 14.6. The third-order valence-corrected chi connectivity index (χ3v) is 5.44. The van der Waals surface area contributed by atoms with Crippen molar-refractivity contribution in [2.75, 3.05) is 26.2 Å². The molecule has 0 heterocycles. The molecule has 5 nitrogen and oxygen atoms in total. The zero-order valence-corrected chi connectivity index (χ0v) is 19.6. The van der Waals surface area contributed by atoms with Gasteiger partial charge in [-0.15, -0.1) is 0 Å². The molecule has 0 fully saturated rings. The minimum Gasteiger partial charge on any atom is -1.00 e. The molecular formula is C25H35ClN2O3. The third kappa shape index (κ3) is 8.72. The number of quaternary nitrogens is 1. The maximum Gasteiger partial charge on any atom is 0.338 e. The number of carbonyl (C=O) groups excluding carboxylic acids is 2. The van der Waals surface area contributed by atoms with Gasteiger partial charge in [0.15, 0.2) is 0 Å². The molecule has 0 aliphatic rings. The van der Waals surface area contributed by atoms with Crippen molar-refractivity contribution < 1.29 is 31.6 Å². The van der Waals surface area contributed by atoms with Crippen LogP contribution in [0.25, 0.3) is 0 Å². The predicted octanol–water partition coefficient (Wildman–Crippen LogP) is 0.433. The first-order valence-corrected chi connectivity index (χ1v) is 11.1. The van der Waals surface area contributed by atoms with E-state index in [0.717, 1.165) is 44.5 Å². The SMILES string of the molecule is CCOC(=O)c1ccc(C(=O)NC(CCCC[NH+](CC)CC)c2ccccc2)cc1.[Cl-]. The van der Waals surface area contributed by atoms with Crippen LogP contribution in [0, 0.1) is 0 Å². The van der Waals surface area contributed by atoms with Crippen LogP contribution in [0.5, 0.6) is 0 Å². The first kappa shape index (κ1) is 26.7. The van der Waals surface area contributed by atoms with Crippen LogP contribution in [-0.2, 0) is 4.74 Å². The molecule has 2 aromatic rings. The van der Waals surface area contributed by atoms with E-state index in [0.29, 0.717) is 17.7 Å². The van der Waals surface area contributed by atoms with Gasteiger partial charge in [-0.25, -0.2) is 4.79 Å². The van der Waals surface area contributed by atoms with E-state index in [1.54, 1.807) is 36.1 Å². The molecule has 2 rings (SSSR count). The summed E-state index contributed by atoms with van der Waals surface area (Å²) in [6, 6.07) is 16.7. The average molecular weight is 447 g/mol. The Morgan fingerprint density at radius 3 is 2.10 bits per heavy atom. The fraction of sp³-hybridized carbons (Fsp3) is 0.440. The first-order valence-electron chi connectivity index (χ1n) is 11.1. The number of benzene rings is 2. The summed E-state index contributed by atoms with van der Waals surface area (Å²) in [4.78, 5) is 26.2. The Morgan fingerprint density at radius 1 is 0.903 bits per heavy atom. The highest BCUT2D eigenvalue weighted by molar-refractivity contribution is 5.96. The van der Waals surface area contributed by atoms with Crippen LogP contribution in [0.2, 0.25) is 0 Å².